The highest BCUT2D eigenvalue weighted by molar-refractivity contribution is 7.07. The zero-order chi connectivity index (χ0) is 20.1. The standard InChI is InChI=1S/C19H21Cl2N3O3S/c1-2-16(18(26)22-11-13-4-3-8-27-13)24-7-9-28-19(24)23-17(25)12-5-6-14(20)15(21)10-12/h5-7,9-10,13,16H,2-4,8,11H2,1H3,(H,22,26)/t13-,16-/m1/s1. The van der Waals surface area contributed by atoms with Crippen LogP contribution in [0.25, 0.3) is 0 Å². The van der Waals surface area contributed by atoms with Crippen molar-refractivity contribution in [2.24, 2.45) is 4.99 Å². The maximum atomic E-state index is 12.7. The van der Waals surface area contributed by atoms with Crippen molar-refractivity contribution < 1.29 is 14.3 Å². The zero-order valence-corrected chi connectivity index (χ0v) is 17.7. The van der Waals surface area contributed by atoms with Crippen LogP contribution in [-0.2, 0) is 9.53 Å². The summed E-state index contributed by atoms with van der Waals surface area (Å²) >= 11 is 13.2. The van der Waals surface area contributed by atoms with E-state index in [1.807, 2.05) is 6.92 Å². The molecule has 0 spiro atoms. The molecular weight excluding hydrogens is 421 g/mol. The number of ether oxygens (including phenoxy) is 1. The van der Waals surface area contributed by atoms with Crippen LogP contribution in [0, 0.1) is 0 Å². The molecule has 0 aliphatic carbocycles. The summed E-state index contributed by atoms with van der Waals surface area (Å²) in [5.74, 6) is -0.552. The minimum Gasteiger partial charge on any atom is -0.376 e. The molecule has 2 aromatic rings. The Morgan fingerprint density at radius 3 is 2.89 bits per heavy atom. The molecule has 150 valence electrons. The molecule has 0 radical (unpaired) electrons. The lowest BCUT2D eigenvalue weighted by Gasteiger charge is -2.18. The monoisotopic (exact) mass is 441 g/mol. The molecule has 2 heterocycles. The fourth-order valence-electron chi connectivity index (χ4n) is 3.03. The number of benzene rings is 1. The van der Waals surface area contributed by atoms with E-state index >= 15 is 0 Å². The number of hydrogen-bond donors (Lipinski definition) is 1. The number of nitrogens with one attached hydrogen (secondary N) is 1. The van der Waals surface area contributed by atoms with Crippen LogP contribution in [0.1, 0.15) is 42.6 Å². The molecular formula is C19H21Cl2N3O3S. The number of halogens is 2. The van der Waals surface area contributed by atoms with Crippen molar-refractivity contribution in [1.82, 2.24) is 9.88 Å². The van der Waals surface area contributed by atoms with Crippen LogP contribution in [0.4, 0.5) is 0 Å². The van der Waals surface area contributed by atoms with Crippen LogP contribution in [0.15, 0.2) is 34.8 Å². The van der Waals surface area contributed by atoms with Crippen molar-refractivity contribution >= 4 is 46.4 Å². The molecule has 1 aromatic heterocycles. The maximum Gasteiger partial charge on any atom is 0.279 e. The van der Waals surface area contributed by atoms with Crippen LogP contribution in [0.2, 0.25) is 10.0 Å². The third-order valence-electron chi connectivity index (χ3n) is 4.53. The Labute approximate surface area is 177 Å². The summed E-state index contributed by atoms with van der Waals surface area (Å²) in [6, 6.07) is 4.17. The predicted molar refractivity (Wildman–Crippen MR) is 110 cm³/mol. The van der Waals surface area contributed by atoms with Gasteiger partial charge in [0.2, 0.25) is 5.91 Å². The van der Waals surface area contributed by atoms with Crippen molar-refractivity contribution in [3.8, 4) is 0 Å². The first-order valence-electron chi connectivity index (χ1n) is 9.08. The molecule has 2 amide bonds. The van der Waals surface area contributed by atoms with E-state index in [2.05, 4.69) is 10.3 Å². The van der Waals surface area contributed by atoms with E-state index in [1.54, 1.807) is 28.3 Å². The Balaban J connectivity index is 1.77. The Bertz CT molecular complexity index is 919. The summed E-state index contributed by atoms with van der Waals surface area (Å²) in [5.41, 5.74) is 0.338. The lowest BCUT2D eigenvalue weighted by molar-refractivity contribution is -0.125. The number of nitrogens with zero attached hydrogens (tertiary/aromatic N) is 2. The molecule has 1 aliphatic heterocycles. The van der Waals surface area contributed by atoms with Gasteiger partial charge in [-0.15, -0.1) is 11.3 Å². The topological polar surface area (TPSA) is 72.7 Å². The highest BCUT2D eigenvalue weighted by Crippen LogP contribution is 2.23. The second kappa shape index (κ2) is 9.69. The van der Waals surface area contributed by atoms with Crippen LogP contribution >= 0.6 is 34.5 Å². The van der Waals surface area contributed by atoms with Crippen LogP contribution < -0.4 is 10.1 Å². The number of amides is 2. The van der Waals surface area contributed by atoms with Gasteiger partial charge in [0, 0.05) is 30.3 Å². The first-order chi connectivity index (χ1) is 13.5. The second-order valence-electron chi connectivity index (χ2n) is 6.44. The molecule has 9 heteroatoms. The summed E-state index contributed by atoms with van der Waals surface area (Å²) in [6.07, 6.45) is 4.40. The summed E-state index contributed by atoms with van der Waals surface area (Å²) < 4.78 is 7.28. The van der Waals surface area contributed by atoms with E-state index in [1.165, 1.54) is 17.4 Å². The molecule has 1 aromatic carbocycles. The second-order valence-corrected chi connectivity index (χ2v) is 8.13. The van der Waals surface area contributed by atoms with Crippen molar-refractivity contribution in [1.29, 1.82) is 0 Å². The average Bonchev–Trinajstić information content (AvgIpc) is 3.35. The summed E-state index contributed by atoms with van der Waals surface area (Å²) in [4.78, 5) is 29.8. The lowest BCUT2D eigenvalue weighted by atomic mass is 10.2. The van der Waals surface area contributed by atoms with Gasteiger partial charge in [-0.2, -0.15) is 4.99 Å². The molecule has 0 bridgehead atoms. The quantitative estimate of drug-likeness (QED) is 0.739. The summed E-state index contributed by atoms with van der Waals surface area (Å²) in [7, 11) is 0. The summed E-state index contributed by atoms with van der Waals surface area (Å²) in [6.45, 7) is 3.16. The Kier molecular flexibility index (Phi) is 7.29. The van der Waals surface area contributed by atoms with Gasteiger partial charge >= 0.3 is 0 Å². The van der Waals surface area contributed by atoms with E-state index in [9.17, 15) is 9.59 Å². The number of thiazole rings is 1. The van der Waals surface area contributed by atoms with E-state index < -0.39 is 11.9 Å². The van der Waals surface area contributed by atoms with Gasteiger partial charge in [0.1, 0.15) is 6.04 Å². The fourth-order valence-corrected chi connectivity index (χ4v) is 4.09. The van der Waals surface area contributed by atoms with Crippen molar-refractivity contribution in [3.05, 3.63) is 50.2 Å². The highest BCUT2D eigenvalue weighted by atomic mass is 35.5. The summed E-state index contributed by atoms with van der Waals surface area (Å²) in [5, 5.41) is 5.42. The molecule has 1 saturated heterocycles. The number of carbonyl (C=O) groups excluding carboxylic acids is 2. The normalized spacial score (nSPS) is 18.2. The molecule has 28 heavy (non-hydrogen) atoms. The van der Waals surface area contributed by atoms with Crippen LogP contribution in [0.3, 0.4) is 0 Å². The minimum absolute atomic E-state index is 0.0781. The molecule has 6 nitrogen and oxygen atoms in total. The average molecular weight is 442 g/mol. The molecule has 1 N–H and O–H groups in total. The van der Waals surface area contributed by atoms with Gasteiger partial charge < -0.3 is 14.6 Å². The molecule has 0 saturated carbocycles. The molecule has 0 unspecified atom stereocenters. The first-order valence-corrected chi connectivity index (χ1v) is 10.7. The predicted octanol–water partition coefficient (Wildman–Crippen LogP) is 3.84. The maximum absolute atomic E-state index is 12.7. The minimum atomic E-state index is -0.451. The lowest BCUT2D eigenvalue weighted by Crippen LogP contribution is -2.39. The Morgan fingerprint density at radius 2 is 2.21 bits per heavy atom. The molecule has 3 rings (SSSR count). The SMILES string of the molecule is CC[C@H](C(=O)NC[C@H]1CCCO1)n1ccsc1=NC(=O)c1ccc(Cl)c(Cl)c1. The highest BCUT2D eigenvalue weighted by Gasteiger charge is 2.22. The van der Waals surface area contributed by atoms with Crippen molar-refractivity contribution in [2.75, 3.05) is 13.2 Å². The van der Waals surface area contributed by atoms with Crippen LogP contribution in [-0.4, -0.2) is 35.6 Å². The third kappa shape index (κ3) is 5.03. The van der Waals surface area contributed by atoms with Crippen molar-refractivity contribution in [3.63, 3.8) is 0 Å². The fraction of sp³-hybridized carbons (Fsp3) is 0.421. The van der Waals surface area contributed by atoms with E-state index in [0.29, 0.717) is 33.4 Å². The number of carbonyl (C=O) groups is 2. The van der Waals surface area contributed by atoms with Gasteiger partial charge in [-0.05, 0) is 37.5 Å². The Hall–Kier alpha value is -1.67. The van der Waals surface area contributed by atoms with Gasteiger partial charge in [-0.3, -0.25) is 9.59 Å². The van der Waals surface area contributed by atoms with Gasteiger partial charge in [0.05, 0.1) is 16.1 Å². The van der Waals surface area contributed by atoms with Gasteiger partial charge in [-0.1, -0.05) is 30.1 Å². The largest absolute Gasteiger partial charge is 0.376 e. The number of rotatable bonds is 6. The molecule has 2 atom stereocenters. The van der Waals surface area contributed by atoms with Gasteiger partial charge in [0.15, 0.2) is 4.80 Å². The molecule has 1 aliphatic rings. The van der Waals surface area contributed by atoms with E-state index in [0.717, 1.165) is 19.4 Å². The van der Waals surface area contributed by atoms with E-state index in [4.69, 9.17) is 27.9 Å². The zero-order valence-electron chi connectivity index (χ0n) is 15.4. The smallest absolute Gasteiger partial charge is 0.279 e. The van der Waals surface area contributed by atoms with Crippen LogP contribution in [0.5, 0.6) is 0 Å². The number of aromatic nitrogens is 1. The number of hydrogen-bond acceptors (Lipinski definition) is 4. The van der Waals surface area contributed by atoms with Crippen molar-refractivity contribution in [2.45, 2.75) is 38.3 Å². The third-order valence-corrected chi connectivity index (χ3v) is 6.04. The first kappa shape index (κ1) is 21.0. The van der Waals surface area contributed by atoms with E-state index in [-0.39, 0.29) is 12.0 Å². The van der Waals surface area contributed by atoms with Gasteiger partial charge in [-0.25, -0.2) is 0 Å². The molecule has 1 fully saturated rings. The van der Waals surface area contributed by atoms with Gasteiger partial charge in [0.25, 0.3) is 5.91 Å². The Morgan fingerprint density at radius 1 is 1.39 bits per heavy atom.